The van der Waals surface area contributed by atoms with Gasteiger partial charge in [0.2, 0.25) is 5.91 Å². The molecule has 6 heteroatoms. The number of thioether (sulfide) groups is 1. The number of benzene rings is 2. The number of nitrogens with zero attached hydrogens (tertiary/aromatic N) is 2. The number of anilines is 1. The van der Waals surface area contributed by atoms with Crippen LogP contribution in [0.2, 0.25) is 0 Å². The van der Waals surface area contributed by atoms with Crippen molar-refractivity contribution in [3.63, 3.8) is 0 Å². The SMILES string of the molecule is CSc1cccc(-c2ccc3[nH]nc(NC(=O)C4CCN(C)CC4)c3c2)c1. The number of piperidine rings is 1. The first kappa shape index (κ1) is 18.1. The molecule has 0 saturated carbocycles. The van der Waals surface area contributed by atoms with E-state index in [2.05, 4.69) is 70.1 Å². The van der Waals surface area contributed by atoms with E-state index in [9.17, 15) is 4.79 Å². The lowest BCUT2D eigenvalue weighted by molar-refractivity contribution is -0.121. The summed E-state index contributed by atoms with van der Waals surface area (Å²) in [6.07, 6.45) is 3.88. The Morgan fingerprint density at radius 2 is 1.96 bits per heavy atom. The number of nitrogens with one attached hydrogen (secondary N) is 2. The smallest absolute Gasteiger partial charge is 0.228 e. The third kappa shape index (κ3) is 3.87. The average molecular weight is 381 g/mol. The molecule has 0 radical (unpaired) electrons. The molecule has 4 rings (SSSR count). The van der Waals surface area contributed by atoms with Crippen molar-refractivity contribution in [2.24, 2.45) is 5.92 Å². The van der Waals surface area contributed by atoms with Crippen LogP contribution < -0.4 is 5.32 Å². The monoisotopic (exact) mass is 380 g/mol. The van der Waals surface area contributed by atoms with Crippen LogP contribution in [0.25, 0.3) is 22.0 Å². The Bertz CT molecular complexity index is 960. The molecule has 1 aliphatic heterocycles. The minimum Gasteiger partial charge on any atom is -0.308 e. The van der Waals surface area contributed by atoms with Crippen LogP contribution in [-0.2, 0) is 4.79 Å². The molecule has 0 unspecified atom stereocenters. The molecule has 1 saturated heterocycles. The van der Waals surface area contributed by atoms with E-state index in [4.69, 9.17) is 0 Å². The molecule has 0 atom stereocenters. The van der Waals surface area contributed by atoms with Gasteiger partial charge in [-0.2, -0.15) is 5.10 Å². The lowest BCUT2D eigenvalue weighted by atomic mass is 9.96. The number of H-pyrrole nitrogens is 1. The number of likely N-dealkylation sites (tertiary alicyclic amines) is 1. The highest BCUT2D eigenvalue weighted by molar-refractivity contribution is 7.98. The second-order valence-corrected chi connectivity index (χ2v) is 8.01. The summed E-state index contributed by atoms with van der Waals surface area (Å²) in [6, 6.07) is 14.7. The van der Waals surface area contributed by atoms with Crippen molar-refractivity contribution in [3.05, 3.63) is 42.5 Å². The third-order valence-corrected chi connectivity index (χ3v) is 6.02. The van der Waals surface area contributed by atoms with E-state index < -0.39 is 0 Å². The minimum atomic E-state index is 0.0643. The fourth-order valence-corrected chi connectivity index (χ4v) is 4.04. The Labute approximate surface area is 163 Å². The maximum atomic E-state index is 12.7. The Morgan fingerprint density at radius 1 is 1.19 bits per heavy atom. The summed E-state index contributed by atoms with van der Waals surface area (Å²) in [5.74, 6) is 0.762. The first-order valence-corrected chi connectivity index (χ1v) is 10.5. The zero-order chi connectivity index (χ0) is 18.8. The van der Waals surface area contributed by atoms with Gasteiger partial charge < -0.3 is 10.2 Å². The summed E-state index contributed by atoms with van der Waals surface area (Å²) >= 11 is 1.73. The highest BCUT2D eigenvalue weighted by Gasteiger charge is 2.24. The number of rotatable bonds is 4. The summed E-state index contributed by atoms with van der Waals surface area (Å²) < 4.78 is 0. The van der Waals surface area contributed by atoms with Gasteiger partial charge in [0, 0.05) is 16.2 Å². The van der Waals surface area contributed by atoms with Crippen molar-refractivity contribution in [1.29, 1.82) is 0 Å². The largest absolute Gasteiger partial charge is 0.308 e. The molecule has 0 spiro atoms. The quantitative estimate of drug-likeness (QED) is 0.665. The summed E-state index contributed by atoms with van der Waals surface area (Å²) in [5, 5.41) is 11.4. The molecule has 0 aliphatic carbocycles. The van der Waals surface area contributed by atoms with Gasteiger partial charge in [-0.25, -0.2) is 0 Å². The van der Waals surface area contributed by atoms with Crippen molar-refractivity contribution >= 4 is 34.4 Å². The van der Waals surface area contributed by atoms with Crippen LogP contribution in [0.4, 0.5) is 5.82 Å². The number of aromatic amines is 1. The number of hydrogen-bond acceptors (Lipinski definition) is 4. The lowest BCUT2D eigenvalue weighted by Gasteiger charge is -2.27. The predicted molar refractivity (Wildman–Crippen MR) is 112 cm³/mol. The maximum Gasteiger partial charge on any atom is 0.228 e. The van der Waals surface area contributed by atoms with Gasteiger partial charge >= 0.3 is 0 Å². The lowest BCUT2D eigenvalue weighted by Crippen LogP contribution is -2.36. The molecule has 1 fully saturated rings. The number of carbonyl (C=O) groups excluding carboxylic acids is 1. The molecule has 2 aromatic carbocycles. The van der Waals surface area contributed by atoms with Crippen molar-refractivity contribution in [2.75, 3.05) is 31.7 Å². The fourth-order valence-electron chi connectivity index (χ4n) is 3.58. The van der Waals surface area contributed by atoms with Gasteiger partial charge in [-0.15, -0.1) is 11.8 Å². The number of fused-ring (bicyclic) bond motifs is 1. The van der Waals surface area contributed by atoms with E-state index in [1.165, 1.54) is 4.90 Å². The second kappa shape index (κ2) is 7.74. The van der Waals surface area contributed by atoms with Crippen LogP contribution in [0.1, 0.15) is 12.8 Å². The summed E-state index contributed by atoms with van der Waals surface area (Å²) in [4.78, 5) is 16.2. The third-order valence-electron chi connectivity index (χ3n) is 5.30. The van der Waals surface area contributed by atoms with E-state index in [1.54, 1.807) is 11.8 Å². The Kier molecular flexibility index (Phi) is 5.18. The van der Waals surface area contributed by atoms with Crippen LogP contribution in [-0.4, -0.2) is 47.4 Å². The normalized spacial score (nSPS) is 15.9. The second-order valence-electron chi connectivity index (χ2n) is 7.13. The van der Waals surface area contributed by atoms with Crippen LogP contribution in [0.15, 0.2) is 47.4 Å². The maximum absolute atomic E-state index is 12.7. The molecule has 3 aromatic rings. The van der Waals surface area contributed by atoms with Crippen molar-refractivity contribution < 1.29 is 4.79 Å². The summed E-state index contributed by atoms with van der Waals surface area (Å²) in [5.41, 5.74) is 3.21. The van der Waals surface area contributed by atoms with E-state index in [0.29, 0.717) is 5.82 Å². The molecule has 27 heavy (non-hydrogen) atoms. The fraction of sp³-hybridized carbons (Fsp3) is 0.333. The molecular formula is C21H24N4OS. The van der Waals surface area contributed by atoms with E-state index in [-0.39, 0.29) is 11.8 Å². The molecule has 1 aliphatic rings. The first-order chi connectivity index (χ1) is 13.1. The van der Waals surface area contributed by atoms with E-state index in [0.717, 1.165) is 48.0 Å². The van der Waals surface area contributed by atoms with Crippen LogP contribution in [0.5, 0.6) is 0 Å². The predicted octanol–water partition coefficient (Wildman–Crippen LogP) is 4.23. The zero-order valence-corrected chi connectivity index (χ0v) is 16.5. The molecular weight excluding hydrogens is 356 g/mol. The van der Waals surface area contributed by atoms with E-state index >= 15 is 0 Å². The van der Waals surface area contributed by atoms with Gasteiger partial charge in [-0.3, -0.25) is 9.89 Å². The van der Waals surface area contributed by atoms with Crippen LogP contribution >= 0.6 is 11.8 Å². The van der Waals surface area contributed by atoms with Gasteiger partial charge in [-0.05, 0) is 74.6 Å². The summed E-state index contributed by atoms with van der Waals surface area (Å²) in [6.45, 7) is 1.94. The Hall–Kier alpha value is -2.31. The Morgan fingerprint density at radius 3 is 2.74 bits per heavy atom. The number of hydrogen-bond donors (Lipinski definition) is 2. The molecule has 1 amide bonds. The van der Waals surface area contributed by atoms with Gasteiger partial charge in [0.1, 0.15) is 0 Å². The summed E-state index contributed by atoms with van der Waals surface area (Å²) in [7, 11) is 2.10. The van der Waals surface area contributed by atoms with Crippen LogP contribution in [0.3, 0.4) is 0 Å². The van der Waals surface area contributed by atoms with Crippen molar-refractivity contribution in [1.82, 2.24) is 15.1 Å². The highest BCUT2D eigenvalue weighted by Crippen LogP contribution is 2.30. The standard InChI is InChI=1S/C21H24N4OS/c1-25-10-8-14(9-11-25)21(26)22-20-18-13-16(6-7-19(18)23-24-20)15-4-3-5-17(12-15)27-2/h3-7,12-14H,8-11H2,1-2H3,(H2,22,23,24,26). The van der Waals surface area contributed by atoms with Gasteiger partial charge in [-0.1, -0.05) is 18.2 Å². The van der Waals surface area contributed by atoms with Crippen LogP contribution in [0, 0.1) is 5.92 Å². The number of aromatic nitrogens is 2. The van der Waals surface area contributed by atoms with Gasteiger partial charge in [0.05, 0.1) is 5.52 Å². The first-order valence-electron chi connectivity index (χ1n) is 9.26. The van der Waals surface area contributed by atoms with Gasteiger partial charge in [0.15, 0.2) is 5.82 Å². The number of carbonyl (C=O) groups is 1. The molecule has 5 nitrogen and oxygen atoms in total. The molecule has 1 aromatic heterocycles. The molecule has 2 N–H and O–H groups in total. The molecule has 0 bridgehead atoms. The topological polar surface area (TPSA) is 61.0 Å². The highest BCUT2D eigenvalue weighted by atomic mass is 32.2. The molecule has 140 valence electrons. The van der Waals surface area contributed by atoms with Gasteiger partial charge in [0.25, 0.3) is 0 Å². The number of amides is 1. The minimum absolute atomic E-state index is 0.0643. The van der Waals surface area contributed by atoms with Crippen molar-refractivity contribution in [2.45, 2.75) is 17.7 Å². The molecule has 2 heterocycles. The van der Waals surface area contributed by atoms with Crippen molar-refractivity contribution in [3.8, 4) is 11.1 Å². The van der Waals surface area contributed by atoms with E-state index in [1.807, 2.05) is 6.07 Å². The zero-order valence-electron chi connectivity index (χ0n) is 15.7. The Balaban J connectivity index is 1.59. The average Bonchev–Trinajstić information content (AvgIpc) is 3.10.